The van der Waals surface area contributed by atoms with Crippen molar-refractivity contribution in [3.8, 4) is 11.3 Å². The third kappa shape index (κ3) is 5.36. The van der Waals surface area contributed by atoms with E-state index in [4.69, 9.17) is 10.8 Å². The van der Waals surface area contributed by atoms with Crippen molar-refractivity contribution in [1.82, 2.24) is 9.97 Å². The molecule has 3 N–H and O–H groups in total. The number of anilines is 1. The number of piperidine rings is 1. The van der Waals surface area contributed by atoms with E-state index in [9.17, 15) is 18.0 Å². The Morgan fingerprint density at radius 1 is 1.09 bits per heavy atom. The first-order valence-electron chi connectivity index (χ1n) is 11.0. The summed E-state index contributed by atoms with van der Waals surface area (Å²) >= 11 is 0. The van der Waals surface area contributed by atoms with E-state index in [1.54, 1.807) is 24.4 Å². The van der Waals surface area contributed by atoms with Gasteiger partial charge in [-0.1, -0.05) is 42.5 Å². The van der Waals surface area contributed by atoms with Gasteiger partial charge in [-0.25, -0.2) is 9.97 Å². The standard InChI is InChI=1S/C25H25F3N4O2/c26-25(27,28)20-4-2-1-3-19(20)17-10-13-32(14-11-17)24-30-12-9-22(31-24)18-7-5-16(6-8-18)15-21(29)23(33)34/h1-9,12,17,21H,10-11,13-15,29H2,(H,33,34). The number of nitrogens with zero attached hydrogens (tertiary/aromatic N) is 3. The van der Waals surface area contributed by atoms with E-state index in [0.717, 1.165) is 17.2 Å². The highest BCUT2D eigenvalue weighted by atomic mass is 19.4. The average molecular weight is 470 g/mol. The van der Waals surface area contributed by atoms with Crippen LogP contribution >= 0.6 is 0 Å². The first kappa shape index (κ1) is 23.7. The number of carboxylic acid groups (broad SMARTS) is 1. The summed E-state index contributed by atoms with van der Waals surface area (Å²) in [6, 6.07) is 14.0. The summed E-state index contributed by atoms with van der Waals surface area (Å²) in [5.74, 6) is -0.672. The Bertz CT molecular complexity index is 1140. The minimum atomic E-state index is -4.36. The number of carboxylic acids is 1. The number of alkyl halides is 3. The number of carbonyl (C=O) groups is 1. The summed E-state index contributed by atoms with van der Waals surface area (Å²) < 4.78 is 40.2. The SMILES string of the molecule is NC(Cc1ccc(-c2ccnc(N3CCC(c4ccccc4C(F)(F)F)CC3)n2)cc1)C(=O)O. The highest BCUT2D eigenvalue weighted by Crippen LogP contribution is 2.39. The summed E-state index contributed by atoms with van der Waals surface area (Å²) in [7, 11) is 0. The fraction of sp³-hybridized carbons (Fsp3) is 0.320. The minimum absolute atomic E-state index is 0.165. The van der Waals surface area contributed by atoms with Crippen molar-refractivity contribution in [2.45, 2.75) is 37.4 Å². The van der Waals surface area contributed by atoms with Crippen molar-refractivity contribution >= 4 is 11.9 Å². The van der Waals surface area contributed by atoms with Crippen LogP contribution in [0.1, 0.15) is 35.4 Å². The zero-order chi connectivity index (χ0) is 24.3. The van der Waals surface area contributed by atoms with E-state index in [1.165, 1.54) is 6.07 Å². The molecule has 2 aromatic carbocycles. The van der Waals surface area contributed by atoms with E-state index in [0.29, 0.717) is 43.1 Å². The zero-order valence-electron chi connectivity index (χ0n) is 18.4. The molecule has 0 saturated carbocycles. The van der Waals surface area contributed by atoms with Crippen LogP contribution in [0.3, 0.4) is 0 Å². The quantitative estimate of drug-likeness (QED) is 0.551. The lowest BCUT2D eigenvalue weighted by atomic mass is 9.86. The van der Waals surface area contributed by atoms with Crippen LogP contribution in [-0.2, 0) is 17.4 Å². The predicted molar refractivity (Wildman–Crippen MR) is 122 cm³/mol. The second-order valence-electron chi connectivity index (χ2n) is 8.43. The van der Waals surface area contributed by atoms with E-state index in [-0.39, 0.29) is 12.3 Å². The number of aromatic nitrogens is 2. The van der Waals surface area contributed by atoms with Crippen LogP contribution in [-0.4, -0.2) is 40.2 Å². The third-order valence-electron chi connectivity index (χ3n) is 6.15. The Morgan fingerprint density at radius 2 is 1.76 bits per heavy atom. The molecule has 0 aliphatic carbocycles. The second-order valence-corrected chi connectivity index (χ2v) is 8.43. The Labute approximate surface area is 195 Å². The third-order valence-corrected chi connectivity index (χ3v) is 6.15. The van der Waals surface area contributed by atoms with Crippen LogP contribution in [0.5, 0.6) is 0 Å². The fourth-order valence-corrected chi connectivity index (χ4v) is 4.32. The van der Waals surface area contributed by atoms with Crippen molar-refractivity contribution < 1.29 is 23.1 Å². The molecular weight excluding hydrogens is 445 g/mol. The molecule has 3 aromatic rings. The van der Waals surface area contributed by atoms with Gasteiger partial charge in [-0.2, -0.15) is 13.2 Å². The number of rotatable bonds is 6. The normalized spacial score (nSPS) is 15.8. The summed E-state index contributed by atoms with van der Waals surface area (Å²) in [5, 5.41) is 8.96. The lowest BCUT2D eigenvalue weighted by Crippen LogP contribution is -2.34. The van der Waals surface area contributed by atoms with Crippen molar-refractivity contribution in [2.24, 2.45) is 5.73 Å². The molecule has 1 fully saturated rings. The van der Waals surface area contributed by atoms with Gasteiger partial charge < -0.3 is 15.7 Å². The van der Waals surface area contributed by atoms with Gasteiger partial charge in [-0.05, 0) is 48.4 Å². The molecule has 178 valence electrons. The molecule has 0 amide bonds. The van der Waals surface area contributed by atoms with Crippen molar-refractivity contribution in [3.63, 3.8) is 0 Å². The van der Waals surface area contributed by atoms with Crippen molar-refractivity contribution in [1.29, 1.82) is 0 Å². The predicted octanol–water partition coefficient (Wildman–Crippen LogP) is 4.50. The van der Waals surface area contributed by atoms with Crippen LogP contribution in [0, 0.1) is 0 Å². The van der Waals surface area contributed by atoms with Gasteiger partial charge >= 0.3 is 12.1 Å². The fourth-order valence-electron chi connectivity index (χ4n) is 4.32. The van der Waals surface area contributed by atoms with E-state index < -0.39 is 23.8 Å². The monoisotopic (exact) mass is 470 g/mol. The van der Waals surface area contributed by atoms with Gasteiger partial charge in [0.25, 0.3) is 0 Å². The summed E-state index contributed by atoms with van der Waals surface area (Å²) in [5.41, 5.74) is 7.77. The molecule has 0 bridgehead atoms. The molecule has 0 spiro atoms. The number of benzene rings is 2. The first-order valence-corrected chi connectivity index (χ1v) is 11.0. The summed E-state index contributed by atoms with van der Waals surface area (Å²) in [6.07, 6.45) is -1.30. The van der Waals surface area contributed by atoms with Gasteiger partial charge in [-0.15, -0.1) is 0 Å². The van der Waals surface area contributed by atoms with Crippen LogP contribution in [0.2, 0.25) is 0 Å². The van der Waals surface area contributed by atoms with Crippen LogP contribution < -0.4 is 10.6 Å². The molecule has 2 heterocycles. The number of hydrogen-bond acceptors (Lipinski definition) is 5. The van der Waals surface area contributed by atoms with Crippen molar-refractivity contribution in [2.75, 3.05) is 18.0 Å². The number of hydrogen-bond donors (Lipinski definition) is 2. The molecule has 9 heteroatoms. The Hall–Kier alpha value is -3.46. The molecule has 34 heavy (non-hydrogen) atoms. The lowest BCUT2D eigenvalue weighted by molar-refractivity contribution is -0.139. The van der Waals surface area contributed by atoms with Gasteiger partial charge in [-0.3, -0.25) is 4.79 Å². The number of halogens is 3. The van der Waals surface area contributed by atoms with Gasteiger partial charge in [0.05, 0.1) is 11.3 Å². The summed E-state index contributed by atoms with van der Waals surface area (Å²) in [4.78, 5) is 22.0. The molecule has 1 aliphatic rings. The molecule has 1 saturated heterocycles. The summed E-state index contributed by atoms with van der Waals surface area (Å²) in [6.45, 7) is 1.12. The van der Waals surface area contributed by atoms with Crippen LogP contribution in [0.25, 0.3) is 11.3 Å². The van der Waals surface area contributed by atoms with Crippen LogP contribution in [0.15, 0.2) is 60.8 Å². The van der Waals surface area contributed by atoms with E-state index >= 15 is 0 Å². The molecule has 1 unspecified atom stereocenters. The van der Waals surface area contributed by atoms with Gasteiger partial charge in [0, 0.05) is 24.8 Å². The highest BCUT2D eigenvalue weighted by molar-refractivity contribution is 5.73. The largest absolute Gasteiger partial charge is 0.480 e. The molecule has 4 rings (SSSR count). The maximum absolute atomic E-state index is 13.4. The van der Waals surface area contributed by atoms with E-state index in [2.05, 4.69) is 9.97 Å². The zero-order valence-corrected chi connectivity index (χ0v) is 18.4. The number of nitrogens with two attached hydrogens (primary N) is 1. The van der Waals surface area contributed by atoms with Gasteiger partial charge in [0.15, 0.2) is 0 Å². The minimum Gasteiger partial charge on any atom is -0.480 e. The second kappa shape index (κ2) is 9.80. The molecule has 1 atom stereocenters. The Balaban J connectivity index is 1.44. The molecule has 6 nitrogen and oxygen atoms in total. The van der Waals surface area contributed by atoms with Gasteiger partial charge in [0.2, 0.25) is 5.95 Å². The maximum atomic E-state index is 13.4. The van der Waals surface area contributed by atoms with Crippen molar-refractivity contribution in [3.05, 3.63) is 77.5 Å². The first-order chi connectivity index (χ1) is 16.2. The highest BCUT2D eigenvalue weighted by Gasteiger charge is 2.35. The van der Waals surface area contributed by atoms with E-state index in [1.807, 2.05) is 29.2 Å². The molecule has 1 aliphatic heterocycles. The maximum Gasteiger partial charge on any atom is 0.416 e. The topological polar surface area (TPSA) is 92.3 Å². The Morgan fingerprint density at radius 3 is 2.41 bits per heavy atom. The van der Waals surface area contributed by atoms with Gasteiger partial charge in [0.1, 0.15) is 6.04 Å². The smallest absolute Gasteiger partial charge is 0.416 e. The molecule has 1 aromatic heterocycles. The lowest BCUT2D eigenvalue weighted by Gasteiger charge is -2.33. The molecular formula is C25H25F3N4O2. The van der Waals surface area contributed by atoms with Crippen LogP contribution in [0.4, 0.5) is 19.1 Å². The number of aliphatic carboxylic acids is 1. The Kier molecular flexibility index (Phi) is 6.83. The average Bonchev–Trinajstić information content (AvgIpc) is 2.84. The molecule has 0 radical (unpaired) electrons.